The van der Waals surface area contributed by atoms with Crippen LogP contribution in [0.15, 0.2) is 54.1 Å². The first-order valence-corrected chi connectivity index (χ1v) is 13.4. The Hall–Kier alpha value is -5.12. The molecule has 0 radical (unpaired) electrons. The Morgan fingerprint density at radius 2 is 1.74 bits per heavy atom. The van der Waals surface area contributed by atoms with Gasteiger partial charge in [-0.2, -0.15) is 0 Å². The molecule has 0 saturated carbocycles. The number of likely N-dealkylation sites (N-methyl/N-ethyl adjacent to an activating group) is 1. The number of hydrogen-bond donors (Lipinski definition) is 1. The van der Waals surface area contributed by atoms with Crippen molar-refractivity contribution in [2.45, 2.75) is 27.2 Å². The van der Waals surface area contributed by atoms with Crippen LogP contribution in [0.25, 0.3) is 6.08 Å². The number of fused-ring (bicyclic) bond motifs is 1. The Bertz CT molecular complexity index is 1620. The number of benzene rings is 3. The molecule has 10 nitrogen and oxygen atoms in total. The second-order valence-corrected chi connectivity index (χ2v) is 10.3. The first-order valence-electron chi connectivity index (χ1n) is 13.4. The first-order chi connectivity index (χ1) is 20.1. The quantitative estimate of drug-likeness (QED) is 0.333. The summed E-state index contributed by atoms with van der Waals surface area (Å²) >= 11 is 0. The molecule has 10 heteroatoms. The van der Waals surface area contributed by atoms with Gasteiger partial charge in [-0.05, 0) is 68.2 Å². The van der Waals surface area contributed by atoms with Crippen molar-refractivity contribution < 1.29 is 33.4 Å². The standard InChI is InChI=1S/C32H31N3O7/c1-18-13-19(2)26(20(3)14-18)35-31(38)24(29(36)33-32(35)39)16-23-22(15-25-28(27(23)40-5)42-17-41-25)11-12-34(4)30(37)21-9-7-6-8-10-21/h6-10,13-16H,11-12,17H2,1-5H3,(H,33,36,39). The minimum Gasteiger partial charge on any atom is -0.492 e. The largest absolute Gasteiger partial charge is 0.492 e. The summed E-state index contributed by atoms with van der Waals surface area (Å²) in [4.78, 5) is 55.4. The number of methoxy groups -OCH3 is 1. The van der Waals surface area contributed by atoms with Gasteiger partial charge in [-0.15, -0.1) is 0 Å². The van der Waals surface area contributed by atoms with E-state index >= 15 is 0 Å². The Morgan fingerprint density at radius 1 is 1.05 bits per heavy atom. The smallest absolute Gasteiger partial charge is 0.335 e. The highest BCUT2D eigenvalue weighted by Crippen LogP contribution is 2.46. The molecule has 1 N–H and O–H groups in total. The summed E-state index contributed by atoms with van der Waals surface area (Å²) in [5, 5.41) is 2.30. The second-order valence-electron chi connectivity index (χ2n) is 10.3. The zero-order valence-electron chi connectivity index (χ0n) is 24.1. The van der Waals surface area contributed by atoms with E-state index in [-0.39, 0.29) is 24.0 Å². The van der Waals surface area contributed by atoms with E-state index in [0.717, 1.165) is 21.6 Å². The van der Waals surface area contributed by atoms with Crippen LogP contribution < -0.4 is 24.4 Å². The summed E-state index contributed by atoms with van der Waals surface area (Å²) in [6, 6.07) is 13.6. The molecular formula is C32H31N3O7. The zero-order chi connectivity index (χ0) is 30.1. The lowest BCUT2D eigenvalue weighted by molar-refractivity contribution is -0.122. The van der Waals surface area contributed by atoms with Gasteiger partial charge in [0.25, 0.3) is 17.7 Å². The van der Waals surface area contributed by atoms with Gasteiger partial charge in [0, 0.05) is 24.7 Å². The third-order valence-electron chi connectivity index (χ3n) is 7.28. The fourth-order valence-corrected chi connectivity index (χ4v) is 5.37. The number of hydrogen-bond acceptors (Lipinski definition) is 7. The number of anilines is 1. The van der Waals surface area contributed by atoms with Gasteiger partial charge in [-0.25, -0.2) is 9.69 Å². The van der Waals surface area contributed by atoms with Crippen LogP contribution >= 0.6 is 0 Å². The Kier molecular flexibility index (Phi) is 7.71. The number of carbonyl (C=O) groups is 4. The van der Waals surface area contributed by atoms with Crippen molar-refractivity contribution in [2.75, 3.05) is 32.4 Å². The molecule has 5 amide bonds. The zero-order valence-corrected chi connectivity index (χ0v) is 24.1. The van der Waals surface area contributed by atoms with Crippen molar-refractivity contribution in [3.8, 4) is 17.2 Å². The van der Waals surface area contributed by atoms with E-state index in [9.17, 15) is 19.2 Å². The Labute approximate surface area is 243 Å². The highest BCUT2D eigenvalue weighted by Gasteiger charge is 2.39. The maximum Gasteiger partial charge on any atom is 0.335 e. The third-order valence-corrected chi connectivity index (χ3v) is 7.28. The summed E-state index contributed by atoms with van der Waals surface area (Å²) in [6.45, 7) is 5.84. The van der Waals surface area contributed by atoms with Crippen molar-refractivity contribution in [3.63, 3.8) is 0 Å². The normalized spacial score (nSPS) is 15.2. The number of nitrogens with zero attached hydrogens (tertiary/aromatic N) is 2. The SMILES string of the molecule is COc1c(C=C2C(=O)NC(=O)N(c3c(C)cc(C)cc3C)C2=O)c(CCN(C)C(=O)c2ccccc2)cc2c1OCO2. The molecule has 2 heterocycles. The van der Waals surface area contributed by atoms with E-state index < -0.39 is 17.8 Å². The predicted octanol–water partition coefficient (Wildman–Crippen LogP) is 4.33. The fourth-order valence-electron chi connectivity index (χ4n) is 5.37. The van der Waals surface area contributed by atoms with Crippen molar-refractivity contribution in [2.24, 2.45) is 0 Å². The number of barbiturate groups is 1. The lowest BCUT2D eigenvalue weighted by Crippen LogP contribution is -2.54. The van der Waals surface area contributed by atoms with Crippen LogP contribution in [0.3, 0.4) is 0 Å². The summed E-state index contributed by atoms with van der Waals surface area (Å²) in [5.41, 5.74) is 4.21. The van der Waals surface area contributed by atoms with Gasteiger partial charge in [0.2, 0.25) is 12.5 Å². The maximum atomic E-state index is 13.8. The van der Waals surface area contributed by atoms with Crippen LogP contribution in [0.2, 0.25) is 0 Å². The van der Waals surface area contributed by atoms with Crippen molar-refractivity contribution in [3.05, 3.63) is 87.5 Å². The van der Waals surface area contributed by atoms with E-state index in [1.807, 2.05) is 39.0 Å². The van der Waals surface area contributed by atoms with E-state index in [2.05, 4.69) is 5.32 Å². The van der Waals surface area contributed by atoms with Gasteiger partial charge in [-0.3, -0.25) is 19.7 Å². The molecule has 5 rings (SSSR count). The maximum absolute atomic E-state index is 13.8. The third kappa shape index (κ3) is 5.18. The molecule has 0 spiro atoms. The number of amides is 5. The van der Waals surface area contributed by atoms with Crippen LogP contribution in [0.4, 0.5) is 10.5 Å². The number of urea groups is 1. The molecule has 2 aliphatic rings. The summed E-state index contributed by atoms with van der Waals surface area (Å²) < 4.78 is 16.9. The molecule has 0 bridgehead atoms. The van der Waals surface area contributed by atoms with Crippen molar-refractivity contribution in [1.29, 1.82) is 0 Å². The molecule has 3 aromatic rings. The molecule has 0 aliphatic carbocycles. The number of nitrogens with one attached hydrogen (secondary N) is 1. The molecule has 0 aromatic heterocycles. The highest BCUT2D eigenvalue weighted by molar-refractivity contribution is 6.39. The number of rotatable bonds is 7. The minimum absolute atomic E-state index is 0.0226. The number of imide groups is 2. The van der Waals surface area contributed by atoms with Crippen molar-refractivity contribution >= 4 is 35.5 Å². The van der Waals surface area contributed by atoms with Crippen LogP contribution in [0.5, 0.6) is 17.2 Å². The molecule has 1 fully saturated rings. The number of carbonyl (C=O) groups excluding carboxylic acids is 4. The number of aryl methyl sites for hydroxylation is 3. The highest BCUT2D eigenvalue weighted by atomic mass is 16.7. The minimum atomic E-state index is -0.828. The molecule has 42 heavy (non-hydrogen) atoms. The van der Waals surface area contributed by atoms with E-state index in [1.54, 1.807) is 42.3 Å². The average Bonchev–Trinajstić information content (AvgIpc) is 3.43. The second kappa shape index (κ2) is 11.4. The molecule has 2 aliphatic heterocycles. The van der Waals surface area contributed by atoms with Crippen LogP contribution in [0, 0.1) is 20.8 Å². The topological polar surface area (TPSA) is 114 Å². The van der Waals surface area contributed by atoms with E-state index in [1.165, 1.54) is 13.2 Å². The molecular weight excluding hydrogens is 538 g/mol. The Balaban J connectivity index is 1.55. The molecule has 1 saturated heterocycles. The van der Waals surface area contributed by atoms with Gasteiger partial charge in [0.05, 0.1) is 12.8 Å². The average molecular weight is 570 g/mol. The van der Waals surface area contributed by atoms with Gasteiger partial charge in [0.15, 0.2) is 11.5 Å². The predicted molar refractivity (Wildman–Crippen MR) is 156 cm³/mol. The monoisotopic (exact) mass is 569 g/mol. The lowest BCUT2D eigenvalue weighted by atomic mass is 9.97. The Morgan fingerprint density at radius 3 is 2.40 bits per heavy atom. The fraction of sp³-hybridized carbons (Fsp3) is 0.250. The van der Waals surface area contributed by atoms with Gasteiger partial charge < -0.3 is 19.1 Å². The molecule has 216 valence electrons. The van der Waals surface area contributed by atoms with Gasteiger partial charge in [0.1, 0.15) is 5.57 Å². The first kappa shape index (κ1) is 28.4. The molecule has 0 atom stereocenters. The van der Waals surface area contributed by atoms with Crippen molar-refractivity contribution in [1.82, 2.24) is 10.2 Å². The van der Waals surface area contributed by atoms with Crippen LogP contribution in [0.1, 0.15) is 38.2 Å². The molecule has 3 aromatic carbocycles. The van der Waals surface area contributed by atoms with Crippen LogP contribution in [-0.4, -0.2) is 56.1 Å². The molecule has 0 unspecified atom stereocenters. The van der Waals surface area contributed by atoms with Gasteiger partial charge >= 0.3 is 6.03 Å². The number of ether oxygens (including phenoxy) is 3. The lowest BCUT2D eigenvalue weighted by Gasteiger charge is -2.29. The summed E-state index contributed by atoms with van der Waals surface area (Å²) in [7, 11) is 3.15. The summed E-state index contributed by atoms with van der Waals surface area (Å²) in [5.74, 6) is -0.683. The van der Waals surface area contributed by atoms with Crippen LogP contribution in [-0.2, 0) is 16.0 Å². The van der Waals surface area contributed by atoms with Gasteiger partial charge in [-0.1, -0.05) is 35.9 Å². The summed E-state index contributed by atoms with van der Waals surface area (Å²) in [6.07, 6.45) is 1.75. The van der Waals surface area contributed by atoms with E-state index in [4.69, 9.17) is 14.2 Å². The van der Waals surface area contributed by atoms with E-state index in [0.29, 0.717) is 46.8 Å².